The lowest BCUT2D eigenvalue weighted by molar-refractivity contribution is -0.131. The minimum atomic E-state index is -3.02. The van der Waals surface area contributed by atoms with E-state index in [-0.39, 0.29) is 0 Å². The highest BCUT2D eigenvalue weighted by atomic mass is 31.2. The van der Waals surface area contributed by atoms with Crippen LogP contribution in [0.5, 0.6) is 5.75 Å². The van der Waals surface area contributed by atoms with Crippen LogP contribution in [0.2, 0.25) is 0 Å². The fourth-order valence-electron chi connectivity index (χ4n) is 5.27. The third kappa shape index (κ3) is 12.6. The summed E-state index contributed by atoms with van der Waals surface area (Å²) in [5.74, 6) is -1.07. The molecule has 1 aliphatic rings. The van der Waals surface area contributed by atoms with Crippen LogP contribution in [-0.2, 0) is 9.36 Å². The Hall–Kier alpha value is -4.45. The number of aromatic carboxylic acids is 1. The van der Waals surface area contributed by atoms with Crippen molar-refractivity contribution in [2.24, 2.45) is 0 Å². The van der Waals surface area contributed by atoms with Crippen LogP contribution in [0.25, 0.3) is 28.3 Å². The van der Waals surface area contributed by atoms with Gasteiger partial charge in [-0.3, -0.25) is 4.57 Å². The first kappa shape index (κ1) is 38.0. The topological polar surface area (TPSA) is 121 Å². The van der Waals surface area contributed by atoms with Gasteiger partial charge in [0.15, 0.2) is 0 Å². The smallest absolute Gasteiger partial charge is 0.335 e. The SMILES string of the molecule is CCCCCCCCCCCOc1ccc(C(=O)O)cc1.CP(=O)(O)c1ccccc1.O=C(O)C=Cc1cccc2c1-c1ccccc1-2. The molecule has 0 saturated heterocycles. The van der Waals surface area contributed by atoms with Crippen molar-refractivity contribution in [1.29, 1.82) is 0 Å². The largest absolute Gasteiger partial charge is 0.494 e. The zero-order chi connectivity index (χ0) is 34.8. The molecule has 4 aromatic carbocycles. The molecule has 0 aliphatic heterocycles. The van der Waals surface area contributed by atoms with Crippen LogP contribution in [0.1, 0.15) is 80.6 Å². The summed E-state index contributed by atoms with van der Waals surface area (Å²) in [7, 11) is -3.02. The Morgan fingerprint density at radius 3 is 1.81 bits per heavy atom. The first-order valence-corrected chi connectivity index (χ1v) is 18.7. The number of carboxylic acid groups (broad SMARTS) is 2. The average Bonchev–Trinajstić information content (AvgIpc) is 3.07. The van der Waals surface area contributed by atoms with Gasteiger partial charge in [0, 0.05) is 18.0 Å². The first-order chi connectivity index (χ1) is 23.1. The molecule has 1 unspecified atom stereocenters. The maximum Gasteiger partial charge on any atom is 0.335 e. The Balaban J connectivity index is 0.000000207. The van der Waals surface area contributed by atoms with E-state index >= 15 is 0 Å². The lowest BCUT2D eigenvalue weighted by Crippen LogP contribution is -2.00. The van der Waals surface area contributed by atoms with Crippen LogP contribution in [0.15, 0.2) is 103 Å². The molecule has 8 heteroatoms. The van der Waals surface area contributed by atoms with E-state index in [1.165, 1.54) is 80.8 Å². The summed E-state index contributed by atoms with van der Waals surface area (Å²) in [6.45, 7) is 4.29. The number of benzene rings is 4. The summed E-state index contributed by atoms with van der Waals surface area (Å²) in [6.07, 6.45) is 14.5. The molecule has 0 spiro atoms. The third-order valence-corrected chi connectivity index (χ3v) is 9.10. The molecule has 7 nitrogen and oxygen atoms in total. The van der Waals surface area contributed by atoms with Crippen molar-refractivity contribution in [3.63, 3.8) is 0 Å². The van der Waals surface area contributed by atoms with Crippen LogP contribution >= 0.6 is 7.37 Å². The molecule has 0 radical (unpaired) electrons. The molecule has 5 rings (SSSR count). The van der Waals surface area contributed by atoms with E-state index in [4.69, 9.17) is 19.8 Å². The highest BCUT2D eigenvalue weighted by molar-refractivity contribution is 7.65. The molecule has 0 bridgehead atoms. The van der Waals surface area contributed by atoms with Gasteiger partial charge >= 0.3 is 11.9 Å². The summed E-state index contributed by atoms with van der Waals surface area (Å²) in [4.78, 5) is 30.3. The van der Waals surface area contributed by atoms with Crippen LogP contribution in [0.4, 0.5) is 0 Å². The zero-order valence-corrected chi connectivity index (χ0v) is 28.8. The molecule has 1 atom stereocenters. The summed E-state index contributed by atoms with van der Waals surface area (Å²) in [5, 5.41) is 18.0. The molecule has 0 saturated carbocycles. The van der Waals surface area contributed by atoms with Crippen molar-refractivity contribution >= 4 is 30.7 Å². The molecule has 0 aromatic heterocycles. The number of hydrogen-bond donors (Lipinski definition) is 3. The van der Waals surface area contributed by atoms with Crippen molar-refractivity contribution in [2.45, 2.75) is 64.7 Å². The number of fused-ring (bicyclic) bond motifs is 4. The molecule has 0 fully saturated rings. The lowest BCUT2D eigenvalue weighted by Gasteiger charge is -2.25. The molecule has 3 N–H and O–H groups in total. The van der Waals surface area contributed by atoms with E-state index < -0.39 is 19.3 Å². The number of rotatable bonds is 15. The number of aliphatic carboxylic acids is 1. The van der Waals surface area contributed by atoms with Crippen LogP contribution in [0.3, 0.4) is 0 Å². The number of hydrogen-bond acceptors (Lipinski definition) is 4. The number of carbonyl (C=O) groups is 2. The lowest BCUT2D eigenvalue weighted by atomic mass is 9.78. The van der Waals surface area contributed by atoms with E-state index in [1.807, 2.05) is 30.3 Å². The molecular formula is C40H47O7P. The molecule has 4 aromatic rings. The molecule has 0 heterocycles. The minimum Gasteiger partial charge on any atom is -0.494 e. The number of unbranched alkanes of at least 4 members (excludes halogenated alkanes) is 8. The molecule has 48 heavy (non-hydrogen) atoms. The van der Waals surface area contributed by atoms with Crippen molar-refractivity contribution in [1.82, 2.24) is 0 Å². The Morgan fingerprint density at radius 1 is 0.688 bits per heavy atom. The van der Waals surface area contributed by atoms with E-state index in [2.05, 4.69) is 25.1 Å². The quantitative estimate of drug-likeness (QED) is 0.0576. The second-order valence-corrected chi connectivity index (χ2v) is 14.0. The van der Waals surface area contributed by atoms with Crippen molar-refractivity contribution in [3.05, 3.63) is 114 Å². The molecule has 0 amide bonds. The van der Waals surface area contributed by atoms with E-state index in [1.54, 1.807) is 54.6 Å². The van der Waals surface area contributed by atoms with Gasteiger partial charge in [0.05, 0.1) is 12.2 Å². The Kier molecular flexibility index (Phi) is 15.9. The highest BCUT2D eigenvalue weighted by Gasteiger charge is 2.23. The van der Waals surface area contributed by atoms with Gasteiger partial charge in [0.2, 0.25) is 7.37 Å². The van der Waals surface area contributed by atoms with Gasteiger partial charge in [-0.15, -0.1) is 0 Å². The predicted octanol–water partition coefficient (Wildman–Crippen LogP) is 9.94. The second kappa shape index (κ2) is 20.0. The highest BCUT2D eigenvalue weighted by Crippen LogP contribution is 2.48. The standard InChI is InChI=1S/C18H28O3.C15H10O2.C7H9O2P/c1-2-3-4-5-6-7-8-9-10-15-21-17-13-11-16(12-14-17)18(19)20;16-14(17)9-8-10-4-3-7-13-11-5-1-2-6-12(11)15(10)13;1-10(8,9)7-5-3-2-4-6-7/h11-14H,2-10,15H2,1H3,(H,19,20);1-9H,(H,16,17);2-6H,1H3,(H,8,9). The fraction of sp³-hybridized carbons (Fsp3) is 0.300. The van der Waals surface area contributed by atoms with Crippen molar-refractivity contribution in [3.8, 4) is 28.0 Å². The van der Waals surface area contributed by atoms with Gasteiger partial charge in [-0.1, -0.05) is 119 Å². The molecule has 254 valence electrons. The predicted molar refractivity (Wildman–Crippen MR) is 195 cm³/mol. The molecular weight excluding hydrogens is 623 g/mol. The fourth-order valence-corrected chi connectivity index (χ4v) is 6.00. The van der Waals surface area contributed by atoms with Crippen molar-refractivity contribution in [2.75, 3.05) is 13.3 Å². The Morgan fingerprint density at radius 2 is 1.25 bits per heavy atom. The minimum absolute atomic E-state index is 0.297. The maximum atomic E-state index is 11.0. The van der Waals surface area contributed by atoms with Crippen LogP contribution < -0.4 is 10.0 Å². The summed E-state index contributed by atoms with van der Waals surface area (Å²) in [6, 6.07) is 29.3. The third-order valence-electron chi connectivity index (χ3n) is 7.84. The average molecular weight is 671 g/mol. The van der Waals surface area contributed by atoms with E-state index in [0.717, 1.165) is 23.3 Å². The maximum absolute atomic E-state index is 11.0. The Labute approximate surface area is 284 Å². The van der Waals surface area contributed by atoms with Crippen LogP contribution in [-0.4, -0.2) is 40.3 Å². The monoisotopic (exact) mass is 670 g/mol. The molecule has 1 aliphatic carbocycles. The number of carboxylic acids is 2. The number of ether oxygens (including phenoxy) is 1. The first-order valence-electron chi connectivity index (χ1n) is 16.6. The van der Waals surface area contributed by atoms with E-state index in [0.29, 0.717) is 17.5 Å². The summed E-state index contributed by atoms with van der Waals surface area (Å²) < 4.78 is 16.6. The Bertz CT molecular complexity index is 1660. The van der Waals surface area contributed by atoms with Gasteiger partial charge in [-0.25, -0.2) is 9.59 Å². The normalized spacial score (nSPS) is 12.1. The van der Waals surface area contributed by atoms with Gasteiger partial charge < -0.3 is 19.8 Å². The summed E-state index contributed by atoms with van der Waals surface area (Å²) >= 11 is 0. The van der Waals surface area contributed by atoms with E-state index in [9.17, 15) is 14.2 Å². The van der Waals surface area contributed by atoms with Gasteiger partial charge in [-0.2, -0.15) is 0 Å². The van der Waals surface area contributed by atoms with Gasteiger partial charge in [0.1, 0.15) is 5.75 Å². The second-order valence-electron chi connectivity index (χ2n) is 11.7. The van der Waals surface area contributed by atoms with Crippen molar-refractivity contribution < 1.29 is 34.0 Å². The van der Waals surface area contributed by atoms with Gasteiger partial charge in [0.25, 0.3) is 0 Å². The summed E-state index contributed by atoms with van der Waals surface area (Å²) in [5.41, 5.74) is 6.06. The zero-order valence-electron chi connectivity index (χ0n) is 27.9. The van der Waals surface area contributed by atoms with Gasteiger partial charge in [-0.05, 0) is 76.7 Å². The van der Waals surface area contributed by atoms with Crippen LogP contribution in [0, 0.1) is 0 Å².